The van der Waals surface area contributed by atoms with Gasteiger partial charge in [0.15, 0.2) is 0 Å². The first-order valence-electron chi connectivity index (χ1n) is 3.28. The van der Waals surface area contributed by atoms with Crippen LogP contribution in [-0.2, 0) is 6.54 Å². The second kappa shape index (κ2) is 3.78. The third-order valence-electron chi connectivity index (χ3n) is 1.47. The molecule has 0 spiro atoms. The fraction of sp³-hybridized carbons (Fsp3) is 0.286. The van der Waals surface area contributed by atoms with Crippen molar-refractivity contribution < 1.29 is 8.78 Å². The van der Waals surface area contributed by atoms with E-state index in [1.807, 2.05) is 0 Å². The second-order valence-electron chi connectivity index (χ2n) is 2.18. The highest BCUT2D eigenvalue weighted by molar-refractivity contribution is 6.30. The van der Waals surface area contributed by atoms with Crippen LogP contribution in [0.15, 0.2) is 12.3 Å². The van der Waals surface area contributed by atoms with Gasteiger partial charge in [0.25, 0.3) is 6.43 Å². The summed E-state index contributed by atoms with van der Waals surface area (Å²) in [6, 6.07) is 1.44. The van der Waals surface area contributed by atoms with E-state index in [2.05, 4.69) is 4.98 Å². The summed E-state index contributed by atoms with van der Waals surface area (Å²) in [5.41, 5.74) is 5.31. The van der Waals surface area contributed by atoms with Gasteiger partial charge in [0.05, 0.1) is 5.56 Å². The minimum absolute atomic E-state index is 0.0436. The summed E-state index contributed by atoms with van der Waals surface area (Å²) < 4.78 is 24.6. The predicted molar refractivity (Wildman–Crippen MR) is 42.1 cm³/mol. The Hall–Kier alpha value is -0.740. The van der Waals surface area contributed by atoms with Crippen LogP contribution in [0.1, 0.15) is 17.6 Å². The predicted octanol–water partition coefficient (Wildman–Crippen LogP) is 2.13. The number of hydrogen-bond donors (Lipinski definition) is 1. The SMILES string of the molecule is NCc1ccnc(Cl)c1C(F)F. The number of nitrogens with zero attached hydrogens (tertiary/aromatic N) is 1. The molecule has 0 bridgehead atoms. The first kappa shape index (κ1) is 9.35. The number of halogens is 3. The molecule has 66 valence electrons. The third kappa shape index (κ3) is 1.70. The number of nitrogens with two attached hydrogens (primary N) is 1. The highest BCUT2D eigenvalue weighted by Crippen LogP contribution is 2.28. The topological polar surface area (TPSA) is 38.9 Å². The van der Waals surface area contributed by atoms with Gasteiger partial charge in [-0.05, 0) is 11.6 Å². The van der Waals surface area contributed by atoms with Crippen molar-refractivity contribution in [1.82, 2.24) is 4.98 Å². The standard InChI is InChI=1S/C7H7ClF2N2/c8-6-5(7(9)10)4(3-11)1-2-12-6/h1-2,7H,3,11H2. The van der Waals surface area contributed by atoms with Gasteiger partial charge in [-0.3, -0.25) is 0 Å². The van der Waals surface area contributed by atoms with E-state index in [4.69, 9.17) is 17.3 Å². The van der Waals surface area contributed by atoms with Crippen LogP contribution in [0.25, 0.3) is 0 Å². The van der Waals surface area contributed by atoms with Gasteiger partial charge < -0.3 is 5.73 Å². The lowest BCUT2D eigenvalue weighted by Crippen LogP contribution is -2.03. The van der Waals surface area contributed by atoms with Crippen LogP contribution in [0.2, 0.25) is 5.15 Å². The average molecular weight is 193 g/mol. The molecule has 1 heterocycles. The van der Waals surface area contributed by atoms with Gasteiger partial charge in [-0.25, -0.2) is 13.8 Å². The van der Waals surface area contributed by atoms with Gasteiger partial charge in [0.1, 0.15) is 5.15 Å². The van der Waals surface area contributed by atoms with Gasteiger partial charge in [-0.1, -0.05) is 11.6 Å². The van der Waals surface area contributed by atoms with Crippen molar-refractivity contribution in [3.8, 4) is 0 Å². The molecule has 0 saturated carbocycles. The molecular weight excluding hydrogens is 186 g/mol. The fourth-order valence-corrected chi connectivity index (χ4v) is 1.15. The average Bonchev–Trinajstić information content (AvgIpc) is 2.03. The van der Waals surface area contributed by atoms with Crippen LogP contribution in [-0.4, -0.2) is 4.98 Å². The van der Waals surface area contributed by atoms with Crippen LogP contribution >= 0.6 is 11.6 Å². The number of pyridine rings is 1. The van der Waals surface area contributed by atoms with Gasteiger partial charge in [0, 0.05) is 12.7 Å². The number of aromatic nitrogens is 1. The molecule has 12 heavy (non-hydrogen) atoms. The van der Waals surface area contributed by atoms with Crippen LogP contribution in [0.4, 0.5) is 8.78 Å². The van der Waals surface area contributed by atoms with Crippen molar-refractivity contribution in [1.29, 1.82) is 0 Å². The van der Waals surface area contributed by atoms with E-state index in [-0.39, 0.29) is 17.3 Å². The van der Waals surface area contributed by atoms with Crippen molar-refractivity contribution in [3.05, 3.63) is 28.5 Å². The lowest BCUT2D eigenvalue weighted by Gasteiger charge is -2.06. The summed E-state index contributed by atoms with van der Waals surface area (Å²) in [6.45, 7) is 0.0436. The monoisotopic (exact) mass is 192 g/mol. The van der Waals surface area contributed by atoms with Gasteiger partial charge in [0.2, 0.25) is 0 Å². The zero-order valence-corrected chi connectivity index (χ0v) is 6.85. The lowest BCUT2D eigenvalue weighted by molar-refractivity contribution is 0.150. The Balaban J connectivity index is 3.20. The van der Waals surface area contributed by atoms with Gasteiger partial charge in [-0.2, -0.15) is 0 Å². The molecule has 1 rings (SSSR count). The van der Waals surface area contributed by atoms with E-state index in [0.717, 1.165) is 0 Å². The summed E-state index contributed by atoms with van der Waals surface area (Å²) in [6.07, 6.45) is -1.26. The maximum atomic E-state index is 12.3. The van der Waals surface area contributed by atoms with E-state index >= 15 is 0 Å². The third-order valence-corrected chi connectivity index (χ3v) is 1.77. The molecule has 1 aromatic heterocycles. The van der Waals surface area contributed by atoms with Crippen molar-refractivity contribution in [2.75, 3.05) is 0 Å². The summed E-state index contributed by atoms with van der Waals surface area (Å²) in [4.78, 5) is 3.54. The van der Waals surface area contributed by atoms with E-state index in [9.17, 15) is 8.78 Å². The number of rotatable bonds is 2. The molecule has 0 saturated heterocycles. The first-order valence-corrected chi connectivity index (χ1v) is 3.66. The highest BCUT2D eigenvalue weighted by atomic mass is 35.5. The molecule has 0 atom stereocenters. The maximum Gasteiger partial charge on any atom is 0.267 e. The minimum Gasteiger partial charge on any atom is -0.326 e. The molecule has 0 fully saturated rings. The van der Waals surface area contributed by atoms with Crippen molar-refractivity contribution in [2.45, 2.75) is 13.0 Å². The molecule has 5 heteroatoms. The Morgan fingerprint density at radius 3 is 2.67 bits per heavy atom. The molecule has 1 aromatic rings. The summed E-state index contributed by atoms with van der Waals surface area (Å²) >= 11 is 5.46. The largest absolute Gasteiger partial charge is 0.326 e. The molecule has 2 nitrogen and oxygen atoms in total. The molecule has 0 radical (unpaired) electrons. The molecule has 0 unspecified atom stereocenters. The van der Waals surface area contributed by atoms with Crippen molar-refractivity contribution in [2.24, 2.45) is 5.73 Å². The normalized spacial score (nSPS) is 10.8. The Morgan fingerprint density at radius 1 is 1.58 bits per heavy atom. The number of alkyl halides is 2. The minimum atomic E-state index is -2.62. The van der Waals surface area contributed by atoms with E-state index in [1.54, 1.807) is 0 Å². The zero-order chi connectivity index (χ0) is 9.14. The molecular formula is C7H7ClF2N2. The summed E-state index contributed by atoms with van der Waals surface area (Å²) in [5, 5.41) is -0.173. The molecule has 0 amide bonds. The van der Waals surface area contributed by atoms with Crippen molar-refractivity contribution >= 4 is 11.6 Å². The van der Waals surface area contributed by atoms with Gasteiger partial charge in [-0.15, -0.1) is 0 Å². The molecule has 0 aliphatic carbocycles. The van der Waals surface area contributed by atoms with E-state index < -0.39 is 6.43 Å². The Morgan fingerprint density at radius 2 is 2.25 bits per heavy atom. The number of hydrogen-bond acceptors (Lipinski definition) is 2. The Labute approximate surface area is 73.4 Å². The van der Waals surface area contributed by atoms with Crippen LogP contribution in [0, 0.1) is 0 Å². The van der Waals surface area contributed by atoms with E-state index in [1.165, 1.54) is 12.3 Å². The van der Waals surface area contributed by atoms with Crippen LogP contribution in [0.3, 0.4) is 0 Å². The highest BCUT2D eigenvalue weighted by Gasteiger charge is 2.16. The quantitative estimate of drug-likeness (QED) is 0.730. The lowest BCUT2D eigenvalue weighted by atomic mass is 10.1. The maximum absolute atomic E-state index is 12.3. The summed E-state index contributed by atoms with van der Waals surface area (Å²) in [5.74, 6) is 0. The molecule has 0 aliphatic rings. The smallest absolute Gasteiger partial charge is 0.267 e. The second-order valence-corrected chi connectivity index (χ2v) is 2.54. The van der Waals surface area contributed by atoms with Crippen LogP contribution < -0.4 is 5.73 Å². The zero-order valence-electron chi connectivity index (χ0n) is 6.10. The summed E-state index contributed by atoms with van der Waals surface area (Å²) in [7, 11) is 0. The van der Waals surface area contributed by atoms with E-state index in [0.29, 0.717) is 5.56 Å². The Kier molecular flexibility index (Phi) is 2.94. The molecule has 0 aromatic carbocycles. The van der Waals surface area contributed by atoms with Crippen LogP contribution in [0.5, 0.6) is 0 Å². The van der Waals surface area contributed by atoms with Gasteiger partial charge >= 0.3 is 0 Å². The first-order chi connectivity index (χ1) is 5.66. The fourth-order valence-electron chi connectivity index (χ4n) is 0.893. The molecule has 0 aliphatic heterocycles. The Bertz CT molecular complexity index is 278. The molecule has 2 N–H and O–H groups in total. The van der Waals surface area contributed by atoms with Crippen molar-refractivity contribution in [3.63, 3.8) is 0 Å².